The normalized spacial score (nSPS) is 31.5. The zero-order valence-corrected chi connectivity index (χ0v) is 7.96. The molecule has 0 saturated carbocycles. The van der Waals surface area contributed by atoms with Crippen LogP contribution in [0.4, 0.5) is 0 Å². The number of aliphatic hydroxyl groups excluding tert-OH is 1. The average molecular weight is 172 g/mol. The van der Waals surface area contributed by atoms with Crippen molar-refractivity contribution in [1.29, 1.82) is 0 Å². The third-order valence-electron chi connectivity index (χ3n) is 2.59. The molecule has 1 aliphatic rings. The van der Waals surface area contributed by atoms with Crippen molar-refractivity contribution >= 4 is 0 Å². The first-order valence-corrected chi connectivity index (χ1v) is 5.14. The van der Waals surface area contributed by atoms with Crippen LogP contribution in [0, 0.1) is 5.92 Å². The molecule has 12 heavy (non-hydrogen) atoms. The SMILES string of the molecule is CCCCC1CCCCOC1O. The molecule has 0 spiro atoms. The molecule has 1 rings (SSSR count). The maximum absolute atomic E-state index is 9.55. The van der Waals surface area contributed by atoms with Crippen LogP contribution in [0.5, 0.6) is 0 Å². The van der Waals surface area contributed by atoms with Gasteiger partial charge in [-0.05, 0) is 19.3 Å². The number of unbranched alkanes of at least 4 members (excludes halogenated alkanes) is 1. The number of hydrogen-bond donors (Lipinski definition) is 1. The largest absolute Gasteiger partial charge is 0.368 e. The molecule has 0 amide bonds. The van der Waals surface area contributed by atoms with Gasteiger partial charge in [0.15, 0.2) is 6.29 Å². The van der Waals surface area contributed by atoms with E-state index in [4.69, 9.17) is 4.74 Å². The Morgan fingerprint density at radius 1 is 1.42 bits per heavy atom. The summed E-state index contributed by atoms with van der Waals surface area (Å²) in [6, 6.07) is 0. The van der Waals surface area contributed by atoms with Crippen molar-refractivity contribution in [2.24, 2.45) is 5.92 Å². The Morgan fingerprint density at radius 3 is 3.00 bits per heavy atom. The van der Waals surface area contributed by atoms with E-state index in [1.807, 2.05) is 0 Å². The van der Waals surface area contributed by atoms with Crippen LogP contribution < -0.4 is 0 Å². The van der Waals surface area contributed by atoms with Gasteiger partial charge in [0.25, 0.3) is 0 Å². The van der Waals surface area contributed by atoms with E-state index in [0.29, 0.717) is 5.92 Å². The summed E-state index contributed by atoms with van der Waals surface area (Å²) in [6.07, 6.45) is 6.53. The van der Waals surface area contributed by atoms with E-state index in [9.17, 15) is 5.11 Å². The minimum absolute atomic E-state index is 0.396. The highest BCUT2D eigenvalue weighted by atomic mass is 16.6. The van der Waals surface area contributed by atoms with Crippen molar-refractivity contribution in [2.45, 2.75) is 51.7 Å². The average Bonchev–Trinajstić information content (AvgIpc) is 2.27. The molecular formula is C10H20O2. The van der Waals surface area contributed by atoms with Crippen LogP contribution in [0.1, 0.15) is 45.4 Å². The molecule has 0 aromatic carbocycles. The van der Waals surface area contributed by atoms with Crippen LogP contribution in [0.25, 0.3) is 0 Å². The first-order valence-electron chi connectivity index (χ1n) is 5.14. The molecule has 1 N–H and O–H groups in total. The van der Waals surface area contributed by atoms with E-state index in [1.54, 1.807) is 0 Å². The smallest absolute Gasteiger partial charge is 0.157 e. The molecule has 1 saturated heterocycles. The molecule has 0 aromatic rings. The van der Waals surface area contributed by atoms with Gasteiger partial charge in [-0.25, -0.2) is 0 Å². The van der Waals surface area contributed by atoms with Gasteiger partial charge in [-0.3, -0.25) is 0 Å². The van der Waals surface area contributed by atoms with Gasteiger partial charge in [0.05, 0.1) is 0 Å². The highest BCUT2D eigenvalue weighted by Crippen LogP contribution is 2.23. The van der Waals surface area contributed by atoms with Gasteiger partial charge in [-0.15, -0.1) is 0 Å². The van der Waals surface area contributed by atoms with E-state index >= 15 is 0 Å². The Morgan fingerprint density at radius 2 is 2.25 bits per heavy atom. The fourth-order valence-electron chi connectivity index (χ4n) is 1.74. The van der Waals surface area contributed by atoms with Crippen molar-refractivity contribution in [3.63, 3.8) is 0 Å². The minimum atomic E-state index is -0.487. The third kappa shape index (κ3) is 3.11. The molecular weight excluding hydrogens is 152 g/mol. The highest BCUT2D eigenvalue weighted by Gasteiger charge is 2.21. The third-order valence-corrected chi connectivity index (χ3v) is 2.59. The van der Waals surface area contributed by atoms with E-state index in [2.05, 4.69) is 6.92 Å². The predicted octanol–water partition coefficient (Wildman–Crippen LogP) is 2.31. The van der Waals surface area contributed by atoms with Gasteiger partial charge < -0.3 is 9.84 Å². The standard InChI is InChI=1S/C10H20O2/c1-2-3-6-9-7-4-5-8-12-10(9)11/h9-11H,2-8H2,1H3. The second-order valence-corrected chi connectivity index (χ2v) is 3.66. The monoisotopic (exact) mass is 172 g/mol. The zero-order chi connectivity index (χ0) is 8.81. The summed E-state index contributed by atoms with van der Waals surface area (Å²) < 4.78 is 5.27. The number of hydrogen-bond acceptors (Lipinski definition) is 2. The van der Waals surface area contributed by atoms with E-state index in [0.717, 1.165) is 25.9 Å². The van der Waals surface area contributed by atoms with Gasteiger partial charge in [0, 0.05) is 12.5 Å². The van der Waals surface area contributed by atoms with Crippen LogP contribution in [-0.2, 0) is 4.74 Å². The van der Waals surface area contributed by atoms with Gasteiger partial charge >= 0.3 is 0 Å². The molecule has 2 unspecified atom stereocenters. The van der Waals surface area contributed by atoms with Gasteiger partial charge in [-0.2, -0.15) is 0 Å². The Balaban J connectivity index is 2.26. The molecule has 1 heterocycles. The topological polar surface area (TPSA) is 29.5 Å². The Bertz CT molecular complexity index is 114. The first kappa shape index (κ1) is 10.0. The fraction of sp³-hybridized carbons (Fsp3) is 1.00. The number of aliphatic hydroxyl groups is 1. The fourth-order valence-corrected chi connectivity index (χ4v) is 1.74. The van der Waals surface area contributed by atoms with Crippen molar-refractivity contribution in [1.82, 2.24) is 0 Å². The van der Waals surface area contributed by atoms with Crippen molar-refractivity contribution in [2.75, 3.05) is 6.61 Å². The summed E-state index contributed by atoms with van der Waals surface area (Å²) >= 11 is 0. The number of rotatable bonds is 3. The summed E-state index contributed by atoms with van der Waals surface area (Å²) in [7, 11) is 0. The van der Waals surface area contributed by atoms with Gasteiger partial charge in [0.1, 0.15) is 0 Å². The lowest BCUT2D eigenvalue weighted by Crippen LogP contribution is -2.21. The van der Waals surface area contributed by atoms with Crippen LogP contribution >= 0.6 is 0 Å². The molecule has 72 valence electrons. The van der Waals surface area contributed by atoms with Crippen molar-refractivity contribution < 1.29 is 9.84 Å². The van der Waals surface area contributed by atoms with Crippen LogP contribution in [-0.4, -0.2) is 18.0 Å². The summed E-state index contributed by atoms with van der Waals surface area (Å²) in [4.78, 5) is 0. The summed E-state index contributed by atoms with van der Waals surface area (Å²) in [6.45, 7) is 2.92. The molecule has 2 atom stereocenters. The van der Waals surface area contributed by atoms with Crippen molar-refractivity contribution in [3.8, 4) is 0 Å². The van der Waals surface area contributed by atoms with Gasteiger partial charge in [-0.1, -0.05) is 26.2 Å². The number of ether oxygens (including phenoxy) is 1. The minimum Gasteiger partial charge on any atom is -0.368 e. The second-order valence-electron chi connectivity index (χ2n) is 3.66. The van der Waals surface area contributed by atoms with E-state index < -0.39 is 6.29 Å². The molecule has 0 aromatic heterocycles. The predicted molar refractivity (Wildman–Crippen MR) is 48.8 cm³/mol. The van der Waals surface area contributed by atoms with E-state index in [1.165, 1.54) is 19.3 Å². The molecule has 0 aliphatic carbocycles. The Hall–Kier alpha value is -0.0800. The van der Waals surface area contributed by atoms with Crippen LogP contribution in [0.3, 0.4) is 0 Å². The highest BCUT2D eigenvalue weighted by molar-refractivity contribution is 4.65. The van der Waals surface area contributed by atoms with Gasteiger partial charge in [0.2, 0.25) is 0 Å². The van der Waals surface area contributed by atoms with Crippen LogP contribution in [0.15, 0.2) is 0 Å². The zero-order valence-electron chi connectivity index (χ0n) is 7.96. The molecule has 0 radical (unpaired) electrons. The lowest BCUT2D eigenvalue weighted by atomic mass is 9.96. The van der Waals surface area contributed by atoms with Crippen LogP contribution in [0.2, 0.25) is 0 Å². The summed E-state index contributed by atoms with van der Waals surface area (Å²) in [5.74, 6) is 0.396. The first-order chi connectivity index (χ1) is 5.84. The molecule has 2 heteroatoms. The quantitative estimate of drug-likeness (QED) is 0.708. The lowest BCUT2D eigenvalue weighted by Gasteiger charge is -2.19. The molecule has 0 bridgehead atoms. The second kappa shape index (κ2) is 5.55. The Kier molecular flexibility index (Phi) is 4.62. The lowest BCUT2D eigenvalue weighted by molar-refractivity contribution is -0.128. The van der Waals surface area contributed by atoms with E-state index in [-0.39, 0.29) is 0 Å². The summed E-state index contributed by atoms with van der Waals surface area (Å²) in [5.41, 5.74) is 0. The maximum Gasteiger partial charge on any atom is 0.157 e. The molecule has 1 fully saturated rings. The molecule has 2 nitrogen and oxygen atoms in total. The van der Waals surface area contributed by atoms with Crippen molar-refractivity contribution in [3.05, 3.63) is 0 Å². The Labute approximate surface area is 74.9 Å². The molecule has 1 aliphatic heterocycles. The maximum atomic E-state index is 9.55. The summed E-state index contributed by atoms with van der Waals surface area (Å²) in [5, 5.41) is 9.55.